The van der Waals surface area contributed by atoms with Crippen molar-refractivity contribution in [2.45, 2.75) is 39.7 Å². The number of rotatable bonds is 10. The zero-order valence-corrected chi connectivity index (χ0v) is 21.9. The Hall–Kier alpha value is -2.11. The van der Waals surface area contributed by atoms with Gasteiger partial charge in [-0.25, -0.2) is 4.79 Å². The molecule has 0 aliphatic rings. The molecule has 9 nitrogen and oxygen atoms in total. The number of amides is 1. The van der Waals surface area contributed by atoms with Gasteiger partial charge in [0.1, 0.15) is 5.60 Å². The molecule has 0 saturated carbocycles. The van der Waals surface area contributed by atoms with E-state index in [1.54, 1.807) is 21.3 Å². The molecule has 0 bridgehead atoms. The van der Waals surface area contributed by atoms with Crippen LogP contribution in [0.15, 0.2) is 17.1 Å². The third-order valence-electron chi connectivity index (χ3n) is 3.87. The summed E-state index contributed by atoms with van der Waals surface area (Å²) in [6.45, 7) is 9.68. The molecular formula is C21H37IN4O5. The van der Waals surface area contributed by atoms with Gasteiger partial charge in [-0.2, -0.15) is 0 Å². The summed E-state index contributed by atoms with van der Waals surface area (Å²) in [4.78, 5) is 16.3. The predicted molar refractivity (Wildman–Crippen MR) is 133 cm³/mol. The lowest BCUT2D eigenvalue weighted by molar-refractivity contribution is 0.0529. The van der Waals surface area contributed by atoms with Crippen LogP contribution in [0.4, 0.5) is 4.79 Å². The lowest BCUT2D eigenvalue weighted by Crippen LogP contribution is -2.42. The SMILES string of the molecule is CCNC(=NCCc1ccc(OC)c(OC)c1OC)NCCNC(=O)OC(C)(C)C.I. The molecule has 1 amide bonds. The number of carbonyl (C=O) groups excluding carboxylic acids is 1. The maximum Gasteiger partial charge on any atom is 0.407 e. The zero-order valence-electron chi connectivity index (χ0n) is 19.6. The normalized spacial score (nSPS) is 11.1. The van der Waals surface area contributed by atoms with E-state index in [0.717, 1.165) is 12.1 Å². The lowest BCUT2D eigenvalue weighted by Gasteiger charge is -2.20. The molecule has 0 fully saturated rings. The largest absolute Gasteiger partial charge is 0.493 e. The summed E-state index contributed by atoms with van der Waals surface area (Å²) in [7, 11) is 4.78. The Bertz CT molecular complexity index is 708. The Kier molecular flexibility index (Phi) is 13.8. The van der Waals surface area contributed by atoms with Crippen LogP contribution in [-0.2, 0) is 11.2 Å². The van der Waals surface area contributed by atoms with Crippen molar-refractivity contribution < 1.29 is 23.7 Å². The van der Waals surface area contributed by atoms with Gasteiger partial charge in [0.15, 0.2) is 17.5 Å². The third-order valence-corrected chi connectivity index (χ3v) is 3.87. The Morgan fingerprint density at radius 2 is 1.61 bits per heavy atom. The van der Waals surface area contributed by atoms with Crippen molar-refractivity contribution in [3.05, 3.63) is 17.7 Å². The minimum Gasteiger partial charge on any atom is -0.493 e. The number of nitrogens with one attached hydrogen (secondary N) is 3. The summed E-state index contributed by atoms with van der Waals surface area (Å²) in [5.74, 6) is 2.50. The van der Waals surface area contributed by atoms with Crippen LogP contribution in [0.3, 0.4) is 0 Å². The summed E-state index contributed by atoms with van der Waals surface area (Å²) in [5, 5.41) is 9.08. The summed E-state index contributed by atoms with van der Waals surface area (Å²) >= 11 is 0. The first-order valence-electron chi connectivity index (χ1n) is 10.0. The van der Waals surface area contributed by atoms with E-state index in [1.165, 1.54) is 0 Å². The van der Waals surface area contributed by atoms with E-state index in [9.17, 15) is 4.79 Å². The number of hydrogen-bond donors (Lipinski definition) is 3. The molecule has 0 aromatic heterocycles. The number of aliphatic imine (C=N–C) groups is 1. The highest BCUT2D eigenvalue weighted by molar-refractivity contribution is 14.0. The maximum atomic E-state index is 11.7. The second-order valence-electron chi connectivity index (χ2n) is 7.36. The van der Waals surface area contributed by atoms with Crippen molar-refractivity contribution in [2.75, 3.05) is 47.5 Å². The van der Waals surface area contributed by atoms with Gasteiger partial charge in [-0.1, -0.05) is 6.07 Å². The van der Waals surface area contributed by atoms with Gasteiger partial charge >= 0.3 is 6.09 Å². The first kappa shape index (κ1) is 28.9. The fourth-order valence-corrected chi connectivity index (χ4v) is 2.65. The minimum absolute atomic E-state index is 0. The Morgan fingerprint density at radius 3 is 2.16 bits per heavy atom. The molecule has 0 unspecified atom stereocenters. The first-order valence-corrected chi connectivity index (χ1v) is 10.0. The molecule has 0 aliphatic heterocycles. The smallest absolute Gasteiger partial charge is 0.407 e. The van der Waals surface area contributed by atoms with E-state index in [2.05, 4.69) is 20.9 Å². The number of benzene rings is 1. The van der Waals surface area contributed by atoms with Gasteiger partial charge in [0, 0.05) is 31.7 Å². The number of halogens is 1. The van der Waals surface area contributed by atoms with Gasteiger partial charge in [-0.15, -0.1) is 24.0 Å². The molecule has 10 heteroatoms. The Morgan fingerprint density at radius 1 is 0.968 bits per heavy atom. The molecule has 3 N–H and O–H groups in total. The molecule has 31 heavy (non-hydrogen) atoms. The van der Waals surface area contributed by atoms with Crippen molar-refractivity contribution in [3.8, 4) is 17.2 Å². The second kappa shape index (κ2) is 14.8. The molecule has 0 spiro atoms. The average Bonchev–Trinajstić information content (AvgIpc) is 2.69. The number of methoxy groups -OCH3 is 3. The van der Waals surface area contributed by atoms with E-state index >= 15 is 0 Å². The van der Waals surface area contributed by atoms with Crippen LogP contribution in [-0.4, -0.2) is 65.2 Å². The van der Waals surface area contributed by atoms with Gasteiger partial charge in [-0.05, 0) is 40.2 Å². The zero-order chi connectivity index (χ0) is 22.6. The van der Waals surface area contributed by atoms with E-state index in [4.69, 9.17) is 18.9 Å². The van der Waals surface area contributed by atoms with Gasteiger partial charge in [0.05, 0.1) is 21.3 Å². The molecule has 178 valence electrons. The molecule has 0 radical (unpaired) electrons. The lowest BCUT2D eigenvalue weighted by atomic mass is 10.1. The number of carbonyl (C=O) groups is 1. The fourth-order valence-electron chi connectivity index (χ4n) is 2.65. The highest BCUT2D eigenvalue weighted by atomic mass is 127. The van der Waals surface area contributed by atoms with Crippen molar-refractivity contribution in [3.63, 3.8) is 0 Å². The second-order valence-corrected chi connectivity index (χ2v) is 7.36. The van der Waals surface area contributed by atoms with Crippen LogP contribution in [0.25, 0.3) is 0 Å². The van der Waals surface area contributed by atoms with Crippen molar-refractivity contribution in [1.29, 1.82) is 0 Å². The molecule has 0 heterocycles. The molecule has 1 rings (SSSR count). The van der Waals surface area contributed by atoms with E-state index in [1.807, 2.05) is 39.8 Å². The predicted octanol–water partition coefficient (Wildman–Crippen LogP) is 2.95. The fraction of sp³-hybridized carbons (Fsp3) is 0.619. The minimum atomic E-state index is -0.515. The number of hydrogen-bond acceptors (Lipinski definition) is 6. The van der Waals surface area contributed by atoms with Gasteiger partial charge in [0.25, 0.3) is 0 Å². The summed E-state index contributed by atoms with van der Waals surface area (Å²) in [6.07, 6.45) is 0.225. The van der Waals surface area contributed by atoms with Gasteiger partial charge < -0.3 is 34.9 Å². The quantitative estimate of drug-likeness (QED) is 0.178. The van der Waals surface area contributed by atoms with E-state index in [-0.39, 0.29) is 24.0 Å². The molecular weight excluding hydrogens is 515 g/mol. The first-order chi connectivity index (χ1) is 14.3. The summed E-state index contributed by atoms with van der Waals surface area (Å²) in [5.41, 5.74) is 0.459. The topological polar surface area (TPSA) is 102 Å². The highest BCUT2D eigenvalue weighted by Crippen LogP contribution is 2.39. The number of guanidine groups is 1. The average molecular weight is 552 g/mol. The van der Waals surface area contributed by atoms with Crippen molar-refractivity contribution in [2.24, 2.45) is 4.99 Å². The number of alkyl carbamates (subject to hydrolysis) is 1. The van der Waals surface area contributed by atoms with E-state index in [0.29, 0.717) is 49.3 Å². The van der Waals surface area contributed by atoms with Crippen molar-refractivity contribution >= 4 is 36.0 Å². The molecule has 0 saturated heterocycles. The third kappa shape index (κ3) is 10.7. The van der Waals surface area contributed by atoms with Crippen LogP contribution in [0, 0.1) is 0 Å². The summed E-state index contributed by atoms with van der Waals surface area (Å²) < 4.78 is 21.5. The number of nitrogens with zero attached hydrogens (tertiary/aromatic N) is 1. The molecule has 1 aromatic carbocycles. The Labute approximate surface area is 202 Å². The van der Waals surface area contributed by atoms with E-state index < -0.39 is 11.7 Å². The van der Waals surface area contributed by atoms with Crippen LogP contribution in [0.5, 0.6) is 17.2 Å². The highest BCUT2D eigenvalue weighted by Gasteiger charge is 2.16. The Balaban J connectivity index is 0.00000900. The van der Waals surface area contributed by atoms with Crippen molar-refractivity contribution in [1.82, 2.24) is 16.0 Å². The van der Waals surface area contributed by atoms with Crippen LogP contribution < -0.4 is 30.2 Å². The van der Waals surface area contributed by atoms with Gasteiger partial charge in [-0.3, -0.25) is 4.99 Å². The molecule has 1 aromatic rings. The summed E-state index contributed by atoms with van der Waals surface area (Å²) in [6, 6.07) is 3.80. The number of ether oxygens (including phenoxy) is 4. The van der Waals surface area contributed by atoms with Crippen LogP contribution >= 0.6 is 24.0 Å². The monoisotopic (exact) mass is 552 g/mol. The van der Waals surface area contributed by atoms with Crippen LogP contribution in [0.2, 0.25) is 0 Å². The molecule has 0 aliphatic carbocycles. The van der Waals surface area contributed by atoms with Crippen LogP contribution in [0.1, 0.15) is 33.3 Å². The molecule has 0 atom stereocenters. The standard InChI is InChI=1S/C21H36N4O5.HI/c1-8-22-19(24-13-14-25-20(26)30-21(2,3)4)23-12-11-15-9-10-16(27-5)18(29-7)17(15)28-6;/h9-10H,8,11-14H2,1-7H3,(H,25,26)(H2,22,23,24);1H. The maximum absolute atomic E-state index is 11.7. The van der Waals surface area contributed by atoms with Gasteiger partial charge in [0.2, 0.25) is 5.75 Å².